The second-order valence-corrected chi connectivity index (χ2v) is 2.33. The van der Waals surface area contributed by atoms with Crippen LogP contribution < -0.4 is 0 Å². The van der Waals surface area contributed by atoms with Crippen molar-refractivity contribution < 1.29 is 5.11 Å². The molecular formula is C8H9N3O. The lowest BCUT2D eigenvalue weighted by molar-refractivity contribution is 0.468. The molecule has 0 saturated carbocycles. The van der Waals surface area contributed by atoms with Gasteiger partial charge in [0.15, 0.2) is 0 Å². The maximum Gasteiger partial charge on any atom is 0.118 e. The summed E-state index contributed by atoms with van der Waals surface area (Å²) in [5.41, 5.74) is 8.82. The van der Waals surface area contributed by atoms with Crippen molar-refractivity contribution in [2.24, 2.45) is 5.11 Å². The Kier molecular flexibility index (Phi) is 2.99. The Morgan fingerprint density at radius 2 is 2.17 bits per heavy atom. The van der Waals surface area contributed by atoms with Crippen LogP contribution in [-0.2, 0) is 6.42 Å². The second kappa shape index (κ2) is 4.26. The summed E-state index contributed by atoms with van der Waals surface area (Å²) in [5.74, 6) is 0.255. The summed E-state index contributed by atoms with van der Waals surface area (Å²) >= 11 is 0. The summed E-state index contributed by atoms with van der Waals surface area (Å²) in [6.45, 7) is 0.383. The Balaban J connectivity index is 2.62. The van der Waals surface area contributed by atoms with Gasteiger partial charge in [0.25, 0.3) is 0 Å². The van der Waals surface area contributed by atoms with Crippen LogP contribution in [-0.4, -0.2) is 11.7 Å². The lowest BCUT2D eigenvalue weighted by Gasteiger charge is -1.99. The highest BCUT2D eigenvalue weighted by Gasteiger charge is 1.96. The topological polar surface area (TPSA) is 69.0 Å². The van der Waals surface area contributed by atoms with Gasteiger partial charge in [-0.05, 0) is 23.6 Å². The summed E-state index contributed by atoms with van der Waals surface area (Å²) in [7, 11) is 0. The number of azide groups is 1. The zero-order chi connectivity index (χ0) is 8.81. The van der Waals surface area contributed by atoms with Gasteiger partial charge in [-0.2, -0.15) is 0 Å². The van der Waals surface area contributed by atoms with E-state index in [9.17, 15) is 5.11 Å². The molecule has 0 fully saturated rings. The Morgan fingerprint density at radius 3 is 2.83 bits per heavy atom. The van der Waals surface area contributed by atoms with Crippen LogP contribution in [0.25, 0.3) is 10.4 Å². The van der Waals surface area contributed by atoms with E-state index >= 15 is 0 Å². The van der Waals surface area contributed by atoms with Crippen molar-refractivity contribution in [1.29, 1.82) is 0 Å². The third-order valence-corrected chi connectivity index (χ3v) is 1.54. The third kappa shape index (κ3) is 2.18. The molecule has 1 rings (SSSR count). The number of phenolic OH excluding ortho intramolecular Hbond substituents is 1. The molecule has 12 heavy (non-hydrogen) atoms. The average molecular weight is 163 g/mol. The van der Waals surface area contributed by atoms with Crippen LogP contribution in [0.5, 0.6) is 5.75 Å². The van der Waals surface area contributed by atoms with Gasteiger partial charge in [0.05, 0.1) is 0 Å². The van der Waals surface area contributed by atoms with Crippen molar-refractivity contribution in [3.8, 4) is 5.75 Å². The second-order valence-electron chi connectivity index (χ2n) is 2.33. The van der Waals surface area contributed by atoms with E-state index in [1.807, 2.05) is 12.1 Å². The molecule has 0 bridgehead atoms. The predicted molar refractivity (Wildman–Crippen MR) is 45.8 cm³/mol. The maximum absolute atomic E-state index is 9.28. The van der Waals surface area contributed by atoms with Gasteiger partial charge < -0.3 is 5.11 Å². The number of phenols is 1. The Labute approximate surface area is 70.1 Å². The van der Waals surface area contributed by atoms with Crippen molar-refractivity contribution in [2.45, 2.75) is 6.42 Å². The summed E-state index contributed by atoms with van der Waals surface area (Å²) in [4.78, 5) is 2.62. The highest BCUT2D eigenvalue weighted by Crippen LogP contribution is 2.15. The van der Waals surface area contributed by atoms with Crippen molar-refractivity contribution in [2.75, 3.05) is 6.54 Å². The molecule has 0 radical (unpaired) electrons. The first kappa shape index (κ1) is 8.43. The van der Waals surface area contributed by atoms with Gasteiger partial charge >= 0.3 is 0 Å². The molecule has 0 aliphatic carbocycles. The number of benzene rings is 1. The molecule has 1 N–H and O–H groups in total. The van der Waals surface area contributed by atoms with Crippen molar-refractivity contribution >= 4 is 0 Å². The number of aromatic hydroxyl groups is 1. The van der Waals surface area contributed by atoms with Crippen LogP contribution in [0.4, 0.5) is 0 Å². The predicted octanol–water partition coefficient (Wildman–Crippen LogP) is 2.25. The quantitative estimate of drug-likeness (QED) is 0.414. The van der Waals surface area contributed by atoms with Crippen molar-refractivity contribution in [3.05, 3.63) is 40.3 Å². The maximum atomic E-state index is 9.28. The molecule has 4 nitrogen and oxygen atoms in total. The van der Waals surface area contributed by atoms with E-state index < -0.39 is 0 Å². The summed E-state index contributed by atoms with van der Waals surface area (Å²) in [6, 6.07) is 7.02. The van der Waals surface area contributed by atoms with Crippen LogP contribution in [0.2, 0.25) is 0 Å². The number of nitrogens with zero attached hydrogens (tertiary/aromatic N) is 3. The standard InChI is InChI=1S/C8H9N3O/c9-11-10-6-5-7-3-1-2-4-8(7)12/h1-4,12H,5-6H2. The summed E-state index contributed by atoms with van der Waals surface area (Å²) < 4.78 is 0. The van der Waals surface area contributed by atoms with E-state index in [1.54, 1.807) is 12.1 Å². The molecule has 1 aromatic carbocycles. The van der Waals surface area contributed by atoms with E-state index in [1.165, 1.54) is 0 Å². The van der Waals surface area contributed by atoms with Gasteiger partial charge in [0.2, 0.25) is 0 Å². The van der Waals surface area contributed by atoms with Crippen molar-refractivity contribution in [3.63, 3.8) is 0 Å². The number of rotatable bonds is 3. The van der Waals surface area contributed by atoms with E-state index in [0.717, 1.165) is 5.56 Å². The summed E-state index contributed by atoms with van der Waals surface area (Å²) in [6.07, 6.45) is 0.580. The first-order valence-electron chi connectivity index (χ1n) is 3.62. The van der Waals surface area contributed by atoms with E-state index in [0.29, 0.717) is 13.0 Å². The fourth-order valence-electron chi connectivity index (χ4n) is 0.937. The molecule has 0 unspecified atom stereocenters. The van der Waals surface area contributed by atoms with Crippen molar-refractivity contribution in [1.82, 2.24) is 0 Å². The van der Waals surface area contributed by atoms with Crippen LogP contribution in [0.3, 0.4) is 0 Å². The molecule has 0 heterocycles. The zero-order valence-electron chi connectivity index (χ0n) is 6.51. The molecule has 0 saturated heterocycles. The van der Waals surface area contributed by atoms with Crippen LogP contribution in [0.1, 0.15) is 5.56 Å². The molecule has 0 aliphatic heterocycles. The van der Waals surface area contributed by atoms with Crippen LogP contribution >= 0.6 is 0 Å². The molecule has 62 valence electrons. The highest BCUT2D eigenvalue weighted by molar-refractivity contribution is 5.31. The number of para-hydroxylation sites is 1. The monoisotopic (exact) mass is 163 g/mol. The zero-order valence-corrected chi connectivity index (χ0v) is 6.51. The largest absolute Gasteiger partial charge is 0.508 e. The molecule has 0 aliphatic rings. The van der Waals surface area contributed by atoms with Gasteiger partial charge in [-0.3, -0.25) is 0 Å². The molecule has 0 spiro atoms. The molecule has 0 atom stereocenters. The van der Waals surface area contributed by atoms with E-state index in [4.69, 9.17) is 5.53 Å². The van der Waals surface area contributed by atoms with Gasteiger partial charge in [-0.25, -0.2) is 0 Å². The molecule has 1 aromatic rings. The van der Waals surface area contributed by atoms with Gasteiger partial charge in [0.1, 0.15) is 5.75 Å². The molecular weight excluding hydrogens is 154 g/mol. The SMILES string of the molecule is [N-]=[N+]=NCCc1ccccc1O. The minimum Gasteiger partial charge on any atom is -0.508 e. The Bertz CT molecular complexity index is 305. The van der Waals surface area contributed by atoms with Crippen LogP contribution in [0.15, 0.2) is 29.4 Å². The highest BCUT2D eigenvalue weighted by atomic mass is 16.3. The summed E-state index contributed by atoms with van der Waals surface area (Å²) in [5, 5.41) is 12.7. The van der Waals surface area contributed by atoms with Gasteiger partial charge in [-0.1, -0.05) is 23.3 Å². The fourth-order valence-corrected chi connectivity index (χ4v) is 0.937. The minimum absolute atomic E-state index is 0.255. The number of hydrogen-bond donors (Lipinski definition) is 1. The molecule has 4 heteroatoms. The Morgan fingerprint density at radius 1 is 1.42 bits per heavy atom. The first-order chi connectivity index (χ1) is 5.84. The number of hydrogen-bond acceptors (Lipinski definition) is 2. The third-order valence-electron chi connectivity index (χ3n) is 1.54. The van der Waals surface area contributed by atoms with E-state index in [-0.39, 0.29) is 5.75 Å². The molecule has 0 aromatic heterocycles. The molecule has 0 amide bonds. The Hall–Kier alpha value is -1.67. The van der Waals surface area contributed by atoms with Gasteiger partial charge in [0, 0.05) is 11.5 Å². The normalized spacial score (nSPS) is 9.00. The van der Waals surface area contributed by atoms with Crippen LogP contribution in [0, 0.1) is 0 Å². The minimum atomic E-state index is 0.255. The smallest absolute Gasteiger partial charge is 0.118 e. The lowest BCUT2D eigenvalue weighted by atomic mass is 10.1. The average Bonchev–Trinajstić information content (AvgIpc) is 2.09. The van der Waals surface area contributed by atoms with Gasteiger partial charge in [-0.15, -0.1) is 0 Å². The first-order valence-corrected chi connectivity index (χ1v) is 3.62. The fraction of sp³-hybridized carbons (Fsp3) is 0.250. The van der Waals surface area contributed by atoms with E-state index in [2.05, 4.69) is 10.0 Å². The lowest BCUT2D eigenvalue weighted by Crippen LogP contribution is -1.88.